The molecular formula is C24H25N5O3S. The van der Waals surface area contributed by atoms with E-state index in [2.05, 4.69) is 26.7 Å². The van der Waals surface area contributed by atoms with Crippen molar-refractivity contribution in [3.63, 3.8) is 0 Å². The summed E-state index contributed by atoms with van der Waals surface area (Å²) in [6.45, 7) is 1.93. The van der Waals surface area contributed by atoms with Gasteiger partial charge in [-0.3, -0.25) is 0 Å². The van der Waals surface area contributed by atoms with Gasteiger partial charge in [-0.05, 0) is 32.0 Å². The lowest BCUT2D eigenvalue weighted by Gasteiger charge is -2.25. The summed E-state index contributed by atoms with van der Waals surface area (Å²) in [4.78, 5) is 13.8. The highest BCUT2D eigenvalue weighted by Gasteiger charge is 2.19. The molecule has 0 aliphatic carbocycles. The summed E-state index contributed by atoms with van der Waals surface area (Å²) < 4.78 is 17.2. The Morgan fingerprint density at radius 2 is 1.79 bits per heavy atom. The normalized spacial score (nSPS) is 14.2. The van der Waals surface area contributed by atoms with Crippen LogP contribution in [0.1, 0.15) is 12.8 Å². The Labute approximate surface area is 196 Å². The molecule has 3 heterocycles. The minimum absolute atomic E-state index is 0.172. The predicted molar refractivity (Wildman–Crippen MR) is 130 cm³/mol. The van der Waals surface area contributed by atoms with Gasteiger partial charge in [0.15, 0.2) is 0 Å². The van der Waals surface area contributed by atoms with Crippen molar-refractivity contribution in [1.82, 2.24) is 20.3 Å². The highest BCUT2D eigenvalue weighted by atomic mass is 32.1. The van der Waals surface area contributed by atoms with Crippen molar-refractivity contribution >= 4 is 33.9 Å². The number of nitrogens with one attached hydrogen (secondary N) is 2. The van der Waals surface area contributed by atoms with Gasteiger partial charge >= 0.3 is 0 Å². The monoisotopic (exact) mass is 463 g/mol. The molecule has 0 bridgehead atoms. The molecule has 2 aromatic heterocycles. The molecule has 0 unspecified atom stereocenters. The number of ether oxygens (including phenoxy) is 3. The van der Waals surface area contributed by atoms with E-state index in [4.69, 9.17) is 19.2 Å². The summed E-state index contributed by atoms with van der Waals surface area (Å²) in [6, 6.07) is 9.60. The number of nitrogens with zero attached hydrogens (tertiary/aromatic N) is 3. The fourth-order valence-electron chi connectivity index (χ4n) is 3.84. The van der Waals surface area contributed by atoms with Gasteiger partial charge in [0.05, 0.1) is 25.3 Å². The van der Waals surface area contributed by atoms with Crippen molar-refractivity contribution in [2.75, 3.05) is 32.6 Å². The lowest BCUT2D eigenvalue weighted by molar-refractivity contribution is 0.163. The first-order valence-corrected chi connectivity index (χ1v) is 11.7. The van der Waals surface area contributed by atoms with Gasteiger partial charge in [-0.15, -0.1) is 11.3 Å². The molecule has 0 atom stereocenters. The van der Waals surface area contributed by atoms with E-state index in [-0.39, 0.29) is 6.10 Å². The Balaban J connectivity index is 1.50. The number of methoxy groups -OCH3 is 2. The second-order valence-electron chi connectivity index (χ2n) is 7.73. The van der Waals surface area contributed by atoms with Gasteiger partial charge in [-0.2, -0.15) is 0 Å². The fraction of sp³-hybridized carbons (Fsp3) is 0.292. The van der Waals surface area contributed by atoms with Crippen LogP contribution in [-0.4, -0.2) is 48.4 Å². The van der Waals surface area contributed by atoms with Crippen LogP contribution in [0.5, 0.6) is 17.2 Å². The van der Waals surface area contributed by atoms with Gasteiger partial charge in [-0.25, -0.2) is 15.0 Å². The maximum absolute atomic E-state index is 6.45. The molecular weight excluding hydrogens is 438 g/mol. The minimum Gasteiger partial charge on any atom is -0.497 e. The zero-order chi connectivity index (χ0) is 22.6. The molecule has 9 heteroatoms. The molecule has 5 rings (SSSR count). The van der Waals surface area contributed by atoms with Crippen molar-refractivity contribution in [3.05, 3.63) is 48.1 Å². The molecule has 33 heavy (non-hydrogen) atoms. The molecule has 4 aromatic rings. The number of hydrogen-bond donors (Lipinski definition) is 2. The van der Waals surface area contributed by atoms with E-state index in [1.807, 2.05) is 42.0 Å². The quantitative estimate of drug-likeness (QED) is 0.410. The molecule has 0 spiro atoms. The number of piperidine rings is 1. The Morgan fingerprint density at radius 1 is 1.00 bits per heavy atom. The number of aromatic nitrogens is 3. The predicted octanol–water partition coefficient (Wildman–Crippen LogP) is 4.64. The van der Waals surface area contributed by atoms with Crippen LogP contribution in [0.3, 0.4) is 0 Å². The van der Waals surface area contributed by atoms with Crippen molar-refractivity contribution in [2.24, 2.45) is 0 Å². The van der Waals surface area contributed by atoms with Crippen molar-refractivity contribution in [1.29, 1.82) is 0 Å². The standard InChI is InChI=1S/C24H25N5O3S/c1-30-18-10-16(11-19(12-18)31-2)28-24-27-14-15-9-20(23-26-7-8-33-23)22(13-21(15)29-24)32-17-3-5-25-6-4-17/h7-14,17,25H,3-6H2,1-2H3,(H,27,28,29). The smallest absolute Gasteiger partial charge is 0.227 e. The summed E-state index contributed by atoms with van der Waals surface area (Å²) in [7, 11) is 3.24. The maximum Gasteiger partial charge on any atom is 0.227 e. The molecule has 1 aliphatic rings. The van der Waals surface area contributed by atoms with Crippen molar-refractivity contribution in [2.45, 2.75) is 18.9 Å². The first kappa shape index (κ1) is 21.4. The zero-order valence-corrected chi connectivity index (χ0v) is 19.3. The molecule has 0 amide bonds. The van der Waals surface area contributed by atoms with E-state index in [0.717, 1.165) is 58.8 Å². The van der Waals surface area contributed by atoms with Crippen LogP contribution in [0.4, 0.5) is 11.6 Å². The third-order valence-electron chi connectivity index (χ3n) is 5.53. The van der Waals surface area contributed by atoms with Gasteiger partial charge in [0.1, 0.15) is 28.4 Å². The van der Waals surface area contributed by atoms with E-state index in [1.165, 1.54) is 0 Å². The molecule has 1 aliphatic heterocycles. The van der Waals surface area contributed by atoms with E-state index in [9.17, 15) is 0 Å². The number of fused-ring (bicyclic) bond motifs is 1. The van der Waals surface area contributed by atoms with Crippen LogP contribution in [0.15, 0.2) is 48.1 Å². The molecule has 8 nitrogen and oxygen atoms in total. The second kappa shape index (κ2) is 9.60. The number of hydrogen-bond acceptors (Lipinski definition) is 9. The fourth-order valence-corrected chi connectivity index (χ4v) is 4.50. The SMILES string of the molecule is COc1cc(Nc2ncc3cc(-c4nccs4)c(OC4CCNCC4)cc3n2)cc(OC)c1. The van der Waals surface area contributed by atoms with Crippen molar-refractivity contribution < 1.29 is 14.2 Å². The molecule has 1 saturated heterocycles. The lowest BCUT2D eigenvalue weighted by atomic mass is 10.1. The van der Waals surface area contributed by atoms with Gasteiger partial charge < -0.3 is 24.8 Å². The summed E-state index contributed by atoms with van der Waals surface area (Å²) in [6.07, 6.45) is 5.75. The average Bonchev–Trinajstić information content (AvgIpc) is 3.39. The van der Waals surface area contributed by atoms with E-state index in [1.54, 1.807) is 25.6 Å². The van der Waals surface area contributed by atoms with Crippen LogP contribution < -0.4 is 24.8 Å². The molecule has 170 valence electrons. The summed E-state index contributed by atoms with van der Waals surface area (Å²) in [5.41, 5.74) is 2.54. The van der Waals surface area contributed by atoms with Crippen LogP contribution in [0, 0.1) is 0 Å². The Bertz CT molecular complexity index is 1220. The number of thiazole rings is 1. The van der Waals surface area contributed by atoms with Gasteiger partial charge in [-0.1, -0.05) is 0 Å². The van der Waals surface area contributed by atoms with Crippen LogP contribution in [0.2, 0.25) is 0 Å². The maximum atomic E-state index is 6.45. The van der Waals surface area contributed by atoms with Gasteiger partial charge in [0.25, 0.3) is 0 Å². The van der Waals surface area contributed by atoms with E-state index < -0.39 is 0 Å². The molecule has 2 aromatic carbocycles. The van der Waals surface area contributed by atoms with E-state index in [0.29, 0.717) is 17.4 Å². The first-order valence-electron chi connectivity index (χ1n) is 10.8. The van der Waals surface area contributed by atoms with Crippen LogP contribution in [-0.2, 0) is 0 Å². The molecule has 0 radical (unpaired) electrons. The number of rotatable bonds is 7. The molecule has 2 N–H and O–H groups in total. The average molecular weight is 464 g/mol. The number of benzene rings is 2. The topological polar surface area (TPSA) is 90.4 Å². The Kier molecular flexibility index (Phi) is 6.23. The summed E-state index contributed by atoms with van der Waals surface area (Å²) in [5, 5.41) is 10.4. The Hall–Kier alpha value is -3.43. The third-order valence-corrected chi connectivity index (χ3v) is 6.34. The largest absolute Gasteiger partial charge is 0.497 e. The zero-order valence-electron chi connectivity index (χ0n) is 18.5. The highest BCUT2D eigenvalue weighted by molar-refractivity contribution is 7.13. The third kappa shape index (κ3) is 4.84. The van der Waals surface area contributed by atoms with E-state index >= 15 is 0 Å². The number of anilines is 2. The van der Waals surface area contributed by atoms with Gasteiger partial charge in [0.2, 0.25) is 5.95 Å². The molecule has 1 fully saturated rings. The highest BCUT2D eigenvalue weighted by Crippen LogP contribution is 2.36. The summed E-state index contributed by atoms with van der Waals surface area (Å²) in [5.74, 6) is 2.65. The van der Waals surface area contributed by atoms with Gasteiger partial charge in [0, 0.05) is 53.1 Å². The van der Waals surface area contributed by atoms with Crippen molar-refractivity contribution in [3.8, 4) is 27.8 Å². The summed E-state index contributed by atoms with van der Waals surface area (Å²) >= 11 is 1.59. The first-order chi connectivity index (χ1) is 16.2. The second-order valence-corrected chi connectivity index (χ2v) is 8.63. The lowest BCUT2D eigenvalue weighted by Crippen LogP contribution is -2.34. The minimum atomic E-state index is 0.172. The Morgan fingerprint density at radius 3 is 2.48 bits per heavy atom. The van der Waals surface area contributed by atoms with Crippen LogP contribution in [0.25, 0.3) is 21.5 Å². The molecule has 0 saturated carbocycles. The van der Waals surface area contributed by atoms with Crippen LogP contribution >= 0.6 is 11.3 Å².